The van der Waals surface area contributed by atoms with E-state index in [1.807, 2.05) is 6.07 Å². The number of alkyl halides is 3. The average Bonchev–Trinajstić information content (AvgIpc) is 3.20. The standard InChI is InChI=1S/C23H24BrF2NO5/c1-3-31-22(29)20-18(23(24,25)26)17(21(28)32-13-14-7-5-4-6-8-14)19(27-20)15-9-11-16(30-2)12-10-15/h4-12,17-20,27H,3,13H2,1-2H3/t17-,18-,19-,20-/m0/s1. The van der Waals surface area contributed by atoms with Crippen molar-refractivity contribution in [2.24, 2.45) is 11.8 Å². The molecule has 0 radical (unpaired) electrons. The van der Waals surface area contributed by atoms with Crippen LogP contribution in [0, 0.1) is 11.8 Å². The van der Waals surface area contributed by atoms with Crippen LogP contribution < -0.4 is 10.1 Å². The highest BCUT2D eigenvalue weighted by Crippen LogP contribution is 2.48. The van der Waals surface area contributed by atoms with Crippen LogP contribution in [0.5, 0.6) is 5.75 Å². The van der Waals surface area contributed by atoms with E-state index < -0.39 is 40.7 Å². The lowest BCUT2D eigenvalue weighted by molar-refractivity contribution is -0.157. The van der Waals surface area contributed by atoms with Crippen molar-refractivity contribution < 1.29 is 32.6 Å². The zero-order valence-corrected chi connectivity index (χ0v) is 19.2. The minimum atomic E-state index is -3.53. The van der Waals surface area contributed by atoms with Crippen molar-refractivity contribution in [1.29, 1.82) is 0 Å². The van der Waals surface area contributed by atoms with Gasteiger partial charge in [-0.25, -0.2) is 0 Å². The first kappa shape index (κ1) is 24.1. The Morgan fingerprint density at radius 1 is 1.03 bits per heavy atom. The highest BCUT2D eigenvalue weighted by molar-refractivity contribution is 9.10. The maximum absolute atomic E-state index is 14.7. The molecule has 1 N–H and O–H groups in total. The number of carbonyl (C=O) groups excluding carboxylic acids is 2. The molecule has 3 rings (SSSR count). The minimum absolute atomic E-state index is 0.0217. The van der Waals surface area contributed by atoms with E-state index in [-0.39, 0.29) is 13.2 Å². The summed E-state index contributed by atoms with van der Waals surface area (Å²) in [6, 6.07) is 13.2. The summed E-state index contributed by atoms with van der Waals surface area (Å²) in [5.74, 6) is -4.20. The number of hydrogen-bond acceptors (Lipinski definition) is 6. The van der Waals surface area contributed by atoms with Crippen LogP contribution in [0.25, 0.3) is 0 Å². The van der Waals surface area contributed by atoms with Crippen LogP contribution >= 0.6 is 15.9 Å². The molecule has 1 aliphatic heterocycles. The molecule has 0 aromatic heterocycles. The molecular weight excluding hydrogens is 488 g/mol. The Labute approximate surface area is 193 Å². The predicted molar refractivity (Wildman–Crippen MR) is 116 cm³/mol. The molecule has 0 saturated carbocycles. The lowest BCUT2D eigenvalue weighted by Crippen LogP contribution is -2.44. The van der Waals surface area contributed by atoms with E-state index in [2.05, 4.69) is 21.2 Å². The van der Waals surface area contributed by atoms with Crippen molar-refractivity contribution in [2.75, 3.05) is 13.7 Å². The molecule has 1 fully saturated rings. The third-order valence-electron chi connectivity index (χ3n) is 5.35. The Bertz CT molecular complexity index is 920. The summed E-state index contributed by atoms with van der Waals surface area (Å²) in [5, 5.41) is 2.89. The van der Waals surface area contributed by atoms with Gasteiger partial charge in [0.05, 0.1) is 25.6 Å². The third kappa shape index (κ3) is 5.45. The number of carbonyl (C=O) groups is 2. The van der Waals surface area contributed by atoms with E-state index in [0.29, 0.717) is 11.3 Å². The molecule has 1 saturated heterocycles. The minimum Gasteiger partial charge on any atom is -0.497 e. The average molecular weight is 512 g/mol. The van der Waals surface area contributed by atoms with Gasteiger partial charge in [-0.1, -0.05) is 42.5 Å². The molecule has 172 valence electrons. The first-order valence-electron chi connectivity index (χ1n) is 10.1. The van der Waals surface area contributed by atoms with Crippen LogP contribution in [-0.4, -0.2) is 36.5 Å². The number of methoxy groups -OCH3 is 1. The van der Waals surface area contributed by atoms with Crippen molar-refractivity contribution in [3.05, 3.63) is 65.7 Å². The van der Waals surface area contributed by atoms with E-state index in [1.54, 1.807) is 55.5 Å². The van der Waals surface area contributed by atoms with E-state index in [9.17, 15) is 18.4 Å². The Morgan fingerprint density at radius 3 is 2.25 bits per heavy atom. The summed E-state index contributed by atoms with van der Waals surface area (Å²) in [6.45, 7) is 1.53. The lowest BCUT2D eigenvalue weighted by Gasteiger charge is -2.27. The fourth-order valence-corrected chi connectivity index (χ4v) is 4.43. The molecule has 6 nitrogen and oxygen atoms in total. The van der Waals surface area contributed by atoms with Crippen molar-refractivity contribution in [2.45, 2.75) is 30.4 Å². The van der Waals surface area contributed by atoms with Gasteiger partial charge in [0.15, 0.2) is 0 Å². The van der Waals surface area contributed by atoms with Gasteiger partial charge in [-0.05, 0) is 46.1 Å². The number of halogens is 3. The zero-order valence-electron chi connectivity index (χ0n) is 17.6. The second kappa shape index (κ2) is 10.4. The largest absolute Gasteiger partial charge is 0.497 e. The Balaban J connectivity index is 1.95. The second-order valence-electron chi connectivity index (χ2n) is 7.33. The van der Waals surface area contributed by atoms with Crippen LogP contribution in [0.3, 0.4) is 0 Å². The van der Waals surface area contributed by atoms with Gasteiger partial charge in [-0.15, -0.1) is 0 Å². The Kier molecular flexibility index (Phi) is 7.84. The summed E-state index contributed by atoms with van der Waals surface area (Å²) < 4.78 is 45.0. The number of rotatable bonds is 8. The smallest absolute Gasteiger partial charge is 0.323 e. The molecular formula is C23H24BrF2NO5. The van der Waals surface area contributed by atoms with Gasteiger partial charge in [-0.3, -0.25) is 14.9 Å². The molecule has 0 amide bonds. The SMILES string of the molecule is CCOC(=O)[C@H]1N[C@@H](c2ccc(OC)cc2)[C@@H](C(=O)OCc2ccccc2)[C@@H]1C(F)(F)Br. The van der Waals surface area contributed by atoms with Crippen LogP contribution in [-0.2, 0) is 25.7 Å². The van der Waals surface area contributed by atoms with Crippen molar-refractivity contribution in [3.8, 4) is 5.75 Å². The highest BCUT2D eigenvalue weighted by atomic mass is 79.9. The topological polar surface area (TPSA) is 73.9 Å². The number of benzene rings is 2. The van der Waals surface area contributed by atoms with Gasteiger partial charge in [0, 0.05) is 6.04 Å². The van der Waals surface area contributed by atoms with Crippen LogP contribution in [0.15, 0.2) is 54.6 Å². The monoisotopic (exact) mass is 511 g/mol. The molecule has 0 spiro atoms. The van der Waals surface area contributed by atoms with Crippen LogP contribution in [0.2, 0.25) is 0 Å². The molecule has 2 aromatic rings. The Hall–Kier alpha value is -2.52. The predicted octanol–water partition coefficient (Wildman–Crippen LogP) is 4.23. The molecule has 0 aliphatic carbocycles. The molecule has 1 heterocycles. The summed E-state index contributed by atoms with van der Waals surface area (Å²) in [5.41, 5.74) is 1.26. The van der Waals surface area contributed by atoms with E-state index in [0.717, 1.165) is 5.56 Å². The summed E-state index contributed by atoms with van der Waals surface area (Å²) >= 11 is 2.38. The molecule has 1 aliphatic rings. The van der Waals surface area contributed by atoms with E-state index >= 15 is 0 Å². The number of hydrogen-bond donors (Lipinski definition) is 1. The quantitative estimate of drug-likeness (QED) is 0.422. The molecule has 0 unspecified atom stereocenters. The highest BCUT2D eigenvalue weighted by Gasteiger charge is 2.60. The van der Waals surface area contributed by atoms with Gasteiger partial charge in [0.1, 0.15) is 18.4 Å². The third-order valence-corrected chi connectivity index (χ3v) is 5.88. The summed E-state index contributed by atoms with van der Waals surface area (Å²) in [4.78, 5) is 22.1. The molecule has 4 atom stereocenters. The first-order chi connectivity index (χ1) is 15.3. The molecule has 0 bridgehead atoms. The van der Waals surface area contributed by atoms with Gasteiger partial charge in [-0.2, -0.15) is 8.78 Å². The van der Waals surface area contributed by atoms with Gasteiger partial charge in [0.2, 0.25) is 0 Å². The lowest BCUT2D eigenvalue weighted by atomic mass is 9.84. The molecule has 32 heavy (non-hydrogen) atoms. The van der Waals surface area contributed by atoms with Crippen molar-refractivity contribution in [1.82, 2.24) is 5.32 Å². The fourth-order valence-electron chi connectivity index (χ4n) is 3.88. The maximum atomic E-state index is 14.7. The number of nitrogens with one attached hydrogen (secondary N) is 1. The van der Waals surface area contributed by atoms with Crippen molar-refractivity contribution in [3.63, 3.8) is 0 Å². The van der Waals surface area contributed by atoms with Gasteiger partial charge < -0.3 is 14.2 Å². The van der Waals surface area contributed by atoms with Crippen LogP contribution in [0.4, 0.5) is 8.78 Å². The molecule has 2 aromatic carbocycles. The zero-order chi connectivity index (χ0) is 23.3. The normalized spacial score (nSPS) is 22.9. The van der Waals surface area contributed by atoms with Gasteiger partial charge >= 0.3 is 16.8 Å². The second-order valence-corrected chi connectivity index (χ2v) is 8.39. The summed E-state index contributed by atoms with van der Waals surface area (Å²) in [6.07, 6.45) is 0. The van der Waals surface area contributed by atoms with E-state index in [1.165, 1.54) is 7.11 Å². The maximum Gasteiger partial charge on any atom is 0.323 e. The van der Waals surface area contributed by atoms with E-state index in [4.69, 9.17) is 14.2 Å². The number of esters is 2. The fraction of sp³-hybridized carbons (Fsp3) is 0.391. The van der Waals surface area contributed by atoms with Crippen molar-refractivity contribution >= 4 is 27.9 Å². The van der Waals surface area contributed by atoms with Gasteiger partial charge in [0.25, 0.3) is 0 Å². The van der Waals surface area contributed by atoms with Crippen LogP contribution in [0.1, 0.15) is 24.1 Å². The molecule has 9 heteroatoms. The Morgan fingerprint density at radius 2 is 1.69 bits per heavy atom. The first-order valence-corrected chi connectivity index (χ1v) is 10.9. The number of ether oxygens (including phenoxy) is 3. The summed E-state index contributed by atoms with van der Waals surface area (Å²) in [7, 11) is 1.50.